The molecule has 0 bridgehead atoms. The van der Waals surface area contributed by atoms with E-state index < -0.39 is 29.2 Å². The number of hydrogen-bond donors (Lipinski definition) is 2. The van der Waals surface area contributed by atoms with Crippen LogP contribution in [0.2, 0.25) is 0 Å². The maximum atomic E-state index is 13.1. The first kappa shape index (κ1) is 25.1. The molecule has 0 radical (unpaired) electrons. The van der Waals surface area contributed by atoms with Crippen LogP contribution in [0.3, 0.4) is 0 Å². The van der Waals surface area contributed by atoms with Crippen LogP contribution in [0.4, 0.5) is 0 Å². The molecule has 4 atom stereocenters. The van der Waals surface area contributed by atoms with Crippen LogP contribution in [0.5, 0.6) is 0 Å². The van der Waals surface area contributed by atoms with E-state index in [9.17, 15) is 19.8 Å². The van der Waals surface area contributed by atoms with Gasteiger partial charge in [-0.2, -0.15) is 0 Å². The molecule has 2 aliphatic rings. The van der Waals surface area contributed by atoms with Gasteiger partial charge in [-0.1, -0.05) is 80.6 Å². The first-order valence-corrected chi connectivity index (χ1v) is 12.2. The standard InChI is InChI=1S/C28H33NO6/c1-3-27(32,21-11-7-5-8-12-21)25(30)34-19-20-15-17-29-18-16-23(24(20)29)35-26(31)28(33,4-2)22-13-9-6-10-14-22/h5-15,23-24,32-33H,3-4,16-19H2,1-2H3/t23-,24+,27?,28?/m0/s1. The number of ether oxygens (including phenoxy) is 2. The summed E-state index contributed by atoms with van der Waals surface area (Å²) in [6, 6.07) is 17.4. The summed E-state index contributed by atoms with van der Waals surface area (Å²) in [4.78, 5) is 28.2. The van der Waals surface area contributed by atoms with Gasteiger partial charge in [-0.05, 0) is 36.0 Å². The maximum Gasteiger partial charge on any atom is 0.343 e. The highest BCUT2D eigenvalue weighted by Crippen LogP contribution is 2.35. The third-order valence-corrected chi connectivity index (χ3v) is 7.24. The second-order valence-electron chi connectivity index (χ2n) is 9.19. The Labute approximate surface area is 206 Å². The summed E-state index contributed by atoms with van der Waals surface area (Å²) < 4.78 is 11.5. The van der Waals surface area contributed by atoms with Gasteiger partial charge in [0.2, 0.25) is 0 Å². The Morgan fingerprint density at radius 1 is 0.914 bits per heavy atom. The van der Waals surface area contributed by atoms with Crippen LogP contribution < -0.4 is 0 Å². The topological polar surface area (TPSA) is 96.3 Å². The smallest absolute Gasteiger partial charge is 0.343 e. The minimum atomic E-state index is -1.73. The Kier molecular flexibility index (Phi) is 7.40. The number of hydrogen-bond acceptors (Lipinski definition) is 7. The molecule has 2 heterocycles. The van der Waals surface area contributed by atoms with Gasteiger partial charge < -0.3 is 19.7 Å². The van der Waals surface area contributed by atoms with Gasteiger partial charge in [-0.25, -0.2) is 9.59 Å². The number of aliphatic hydroxyl groups is 2. The van der Waals surface area contributed by atoms with E-state index in [-0.39, 0.29) is 25.5 Å². The Bertz CT molecular complexity index is 1070. The van der Waals surface area contributed by atoms with Crippen molar-refractivity contribution < 1.29 is 29.3 Å². The molecular weight excluding hydrogens is 446 g/mol. The molecule has 35 heavy (non-hydrogen) atoms. The zero-order chi connectivity index (χ0) is 25.1. The molecule has 0 aromatic heterocycles. The van der Waals surface area contributed by atoms with E-state index >= 15 is 0 Å². The quantitative estimate of drug-likeness (QED) is 0.422. The van der Waals surface area contributed by atoms with Crippen molar-refractivity contribution in [3.05, 3.63) is 83.4 Å². The highest BCUT2D eigenvalue weighted by Gasteiger charge is 2.46. The van der Waals surface area contributed by atoms with Gasteiger partial charge >= 0.3 is 11.9 Å². The molecular formula is C28H33NO6. The summed E-state index contributed by atoms with van der Waals surface area (Å²) >= 11 is 0. The van der Waals surface area contributed by atoms with Gasteiger partial charge in [0.15, 0.2) is 11.2 Å². The summed E-state index contributed by atoms with van der Waals surface area (Å²) in [6.45, 7) is 4.88. The lowest BCUT2D eigenvalue weighted by atomic mass is 9.91. The minimum Gasteiger partial charge on any atom is -0.459 e. The number of fused-ring (bicyclic) bond motifs is 1. The molecule has 7 nitrogen and oxygen atoms in total. The predicted octanol–water partition coefficient (Wildman–Crippen LogP) is 3.05. The molecule has 1 saturated heterocycles. The third-order valence-electron chi connectivity index (χ3n) is 7.24. The van der Waals surface area contributed by atoms with Crippen molar-refractivity contribution in [1.29, 1.82) is 0 Å². The molecule has 0 aliphatic carbocycles. The van der Waals surface area contributed by atoms with Gasteiger partial charge in [0, 0.05) is 13.1 Å². The molecule has 4 rings (SSSR count). The summed E-state index contributed by atoms with van der Waals surface area (Å²) in [5.74, 6) is -1.38. The SMILES string of the molecule is CCC(O)(C(=O)OCC1=CCN2CC[C@H](OC(=O)C(O)(CC)c3ccccc3)[C@@H]12)c1ccccc1. The van der Waals surface area contributed by atoms with Gasteiger partial charge in [-0.3, -0.25) is 4.90 Å². The Hall–Kier alpha value is -3.00. The zero-order valence-corrected chi connectivity index (χ0v) is 20.2. The van der Waals surface area contributed by atoms with Crippen molar-refractivity contribution in [1.82, 2.24) is 4.90 Å². The number of carbonyl (C=O) groups excluding carboxylic acids is 2. The molecule has 7 heteroatoms. The van der Waals surface area contributed by atoms with Gasteiger partial charge in [-0.15, -0.1) is 0 Å². The normalized spacial score (nSPS) is 23.0. The second-order valence-corrected chi connectivity index (χ2v) is 9.19. The third kappa shape index (κ3) is 4.76. The highest BCUT2D eigenvalue weighted by atomic mass is 16.6. The van der Waals surface area contributed by atoms with Crippen LogP contribution in [0.25, 0.3) is 0 Å². The fraction of sp³-hybridized carbons (Fsp3) is 0.429. The molecule has 2 aliphatic heterocycles. The van der Waals surface area contributed by atoms with Crippen LogP contribution in [0.15, 0.2) is 72.3 Å². The molecule has 0 amide bonds. The molecule has 2 unspecified atom stereocenters. The van der Waals surface area contributed by atoms with Gasteiger partial charge in [0.25, 0.3) is 0 Å². The molecule has 2 aromatic carbocycles. The van der Waals surface area contributed by atoms with Crippen molar-refractivity contribution in [2.24, 2.45) is 0 Å². The van der Waals surface area contributed by atoms with E-state index in [1.165, 1.54) is 0 Å². The van der Waals surface area contributed by atoms with Crippen LogP contribution >= 0.6 is 0 Å². The van der Waals surface area contributed by atoms with E-state index in [4.69, 9.17) is 9.47 Å². The minimum absolute atomic E-state index is 0.0000745. The van der Waals surface area contributed by atoms with E-state index in [1.54, 1.807) is 62.4 Å². The largest absolute Gasteiger partial charge is 0.459 e. The van der Waals surface area contributed by atoms with Gasteiger partial charge in [0.1, 0.15) is 12.7 Å². The Morgan fingerprint density at radius 2 is 1.46 bits per heavy atom. The lowest BCUT2D eigenvalue weighted by molar-refractivity contribution is -0.174. The lowest BCUT2D eigenvalue weighted by Crippen LogP contribution is -2.43. The molecule has 2 aromatic rings. The molecule has 1 fully saturated rings. The maximum absolute atomic E-state index is 13.1. The first-order valence-electron chi connectivity index (χ1n) is 12.2. The molecule has 0 spiro atoms. The van der Waals surface area contributed by atoms with Crippen molar-refractivity contribution in [2.75, 3.05) is 19.7 Å². The molecule has 186 valence electrons. The van der Waals surface area contributed by atoms with Crippen molar-refractivity contribution in [3.63, 3.8) is 0 Å². The number of esters is 2. The van der Waals surface area contributed by atoms with Crippen LogP contribution in [-0.4, -0.2) is 58.9 Å². The average molecular weight is 480 g/mol. The molecule has 0 saturated carbocycles. The second kappa shape index (κ2) is 10.3. The first-order chi connectivity index (χ1) is 16.8. The molecule has 2 N–H and O–H groups in total. The summed E-state index contributed by atoms with van der Waals surface area (Å²) in [7, 11) is 0. The number of nitrogens with zero attached hydrogens (tertiary/aromatic N) is 1. The summed E-state index contributed by atoms with van der Waals surface area (Å²) in [6.07, 6.45) is 2.51. The Morgan fingerprint density at radius 3 is 2.00 bits per heavy atom. The fourth-order valence-electron chi connectivity index (χ4n) is 4.99. The highest BCUT2D eigenvalue weighted by molar-refractivity contribution is 5.82. The van der Waals surface area contributed by atoms with E-state index in [2.05, 4.69) is 4.90 Å². The van der Waals surface area contributed by atoms with E-state index in [0.29, 0.717) is 24.1 Å². The van der Waals surface area contributed by atoms with Crippen LogP contribution in [0.1, 0.15) is 44.2 Å². The average Bonchev–Trinajstić information content (AvgIpc) is 3.50. The Balaban J connectivity index is 1.43. The van der Waals surface area contributed by atoms with E-state index in [0.717, 1.165) is 12.1 Å². The summed E-state index contributed by atoms with van der Waals surface area (Å²) in [5.41, 5.74) is -1.63. The number of rotatable bonds is 9. The monoisotopic (exact) mass is 479 g/mol. The van der Waals surface area contributed by atoms with Crippen molar-refractivity contribution in [2.45, 2.75) is 56.5 Å². The van der Waals surface area contributed by atoms with Gasteiger partial charge in [0.05, 0.1) is 6.04 Å². The van der Waals surface area contributed by atoms with Crippen molar-refractivity contribution in [3.8, 4) is 0 Å². The number of carbonyl (C=O) groups is 2. The van der Waals surface area contributed by atoms with Crippen molar-refractivity contribution >= 4 is 11.9 Å². The lowest BCUT2D eigenvalue weighted by Gasteiger charge is -2.30. The zero-order valence-electron chi connectivity index (χ0n) is 20.2. The predicted molar refractivity (Wildman–Crippen MR) is 130 cm³/mol. The summed E-state index contributed by atoms with van der Waals surface area (Å²) in [5, 5.41) is 22.1. The van der Waals surface area contributed by atoms with E-state index in [1.807, 2.05) is 18.2 Å². The van der Waals surface area contributed by atoms with Crippen LogP contribution in [-0.2, 0) is 30.3 Å². The number of benzene rings is 2. The van der Waals surface area contributed by atoms with Crippen LogP contribution in [0, 0.1) is 0 Å². The fourth-order valence-corrected chi connectivity index (χ4v) is 4.99.